The smallest absolute Gasteiger partial charge is 0.161 e. The van der Waals surface area contributed by atoms with Crippen LogP contribution in [0.1, 0.15) is 39.0 Å². The van der Waals surface area contributed by atoms with E-state index in [2.05, 4.69) is 6.92 Å². The van der Waals surface area contributed by atoms with E-state index in [0.29, 0.717) is 12.5 Å². The van der Waals surface area contributed by atoms with E-state index in [4.69, 9.17) is 9.47 Å². The summed E-state index contributed by atoms with van der Waals surface area (Å²) in [5.41, 5.74) is 0. The first kappa shape index (κ1) is 13.7. The predicted octanol–water partition coefficient (Wildman–Crippen LogP) is 3.40. The number of hydrogen-bond donors (Lipinski definition) is 1. The summed E-state index contributed by atoms with van der Waals surface area (Å²) in [6.45, 7) is 2.71. The molecule has 20 heavy (non-hydrogen) atoms. The number of hydrogen-bond acceptors (Lipinski definition) is 3. The topological polar surface area (TPSA) is 38.7 Å². The van der Waals surface area contributed by atoms with Crippen LogP contribution in [0.25, 0.3) is 0 Å². The van der Waals surface area contributed by atoms with E-state index in [1.165, 1.54) is 19.3 Å². The summed E-state index contributed by atoms with van der Waals surface area (Å²) in [5.74, 6) is 2.75. The van der Waals surface area contributed by atoms with Crippen LogP contribution >= 0.6 is 0 Å². The lowest BCUT2D eigenvalue weighted by molar-refractivity contribution is -0.0490. The molecule has 1 aliphatic heterocycles. The first-order chi connectivity index (χ1) is 9.78. The predicted molar refractivity (Wildman–Crippen MR) is 78.1 cm³/mol. The minimum atomic E-state index is -0.416. The molecule has 0 radical (unpaired) electrons. The van der Waals surface area contributed by atoms with Crippen LogP contribution in [0.2, 0.25) is 0 Å². The lowest BCUT2D eigenvalue weighted by atomic mass is 9.77. The highest BCUT2D eigenvalue weighted by Crippen LogP contribution is 2.37. The summed E-state index contributed by atoms with van der Waals surface area (Å²) in [6.07, 6.45) is 5.32. The fourth-order valence-corrected chi connectivity index (χ4v) is 3.45. The summed E-state index contributed by atoms with van der Waals surface area (Å²) < 4.78 is 11.6. The van der Waals surface area contributed by atoms with Crippen molar-refractivity contribution in [2.45, 2.75) is 51.2 Å². The van der Waals surface area contributed by atoms with E-state index in [-0.39, 0.29) is 6.10 Å². The van der Waals surface area contributed by atoms with Crippen molar-refractivity contribution >= 4 is 0 Å². The van der Waals surface area contributed by atoms with Crippen molar-refractivity contribution in [2.75, 3.05) is 6.61 Å². The largest absolute Gasteiger partial charge is 0.486 e. The lowest BCUT2D eigenvalue weighted by Crippen LogP contribution is -2.44. The van der Waals surface area contributed by atoms with E-state index >= 15 is 0 Å². The summed E-state index contributed by atoms with van der Waals surface area (Å²) >= 11 is 0. The lowest BCUT2D eigenvalue weighted by Gasteiger charge is -2.36. The van der Waals surface area contributed by atoms with E-state index in [9.17, 15) is 5.11 Å². The summed E-state index contributed by atoms with van der Waals surface area (Å²) in [7, 11) is 0. The van der Waals surface area contributed by atoms with Gasteiger partial charge in [0.2, 0.25) is 0 Å². The number of fused-ring (bicyclic) bond motifs is 1. The zero-order valence-corrected chi connectivity index (χ0v) is 12.1. The third kappa shape index (κ3) is 2.78. The molecular weight excluding hydrogens is 252 g/mol. The normalized spacial score (nSPS) is 30.8. The Morgan fingerprint density at radius 2 is 1.85 bits per heavy atom. The van der Waals surface area contributed by atoms with Crippen LogP contribution in [-0.2, 0) is 0 Å². The number of aliphatic hydroxyl groups excluding tert-OH is 1. The molecule has 1 aromatic rings. The monoisotopic (exact) mass is 276 g/mol. The Morgan fingerprint density at radius 3 is 2.55 bits per heavy atom. The van der Waals surface area contributed by atoms with Gasteiger partial charge in [-0.3, -0.25) is 0 Å². The first-order valence-electron chi connectivity index (χ1n) is 7.84. The molecule has 0 saturated heterocycles. The van der Waals surface area contributed by atoms with Gasteiger partial charge in [-0.15, -0.1) is 0 Å². The third-order valence-electron chi connectivity index (χ3n) is 4.86. The summed E-state index contributed by atoms with van der Waals surface area (Å²) in [6, 6.07) is 7.68. The van der Waals surface area contributed by atoms with Gasteiger partial charge >= 0.3 is 0 Å². The Bertz CT molecular complexity index is 438. The highest BCUT2D eigenvalue weighted by atomic mass is 16.6. The molecule has 3 rings (SSSR count). The molecule has 1 aliphatic carbocycles. The van der Waals surface area contributed by atoms with Gasteiger partial charge in [-0.05, 0) is 36.8 Å². The molecule has 0 aromatic heterocycles. The maximum absolute atomic E-state index is 10.6. The van der Waals surface area contributed by atoms with Crippen molar-refractivity contribution in [3.8, 4) is 11.5 Å². The Kier molecular flexibility index (Phi) is 4.16. The van der Waals surface area contributed by atoms with Crippen LogP contribution in [0.5, 0.6) is 11.5 Å². The van der Waals surface area contributed by atoms with E-state index in [1.807, 2.05) is 24.3 Å². The highest BCUT2D eigenvalue weighted by molar-refractivity contribution is 5.40. The number of aliphatic hydroxyl groups is 1. The van der Waals surface area contributed by atoms with Gasteiger partial charge in [-0.25, -0.2) is 0 Å². The number of rotatable bonds is 3. The highest BCUT2D eigenvalue weighted by Gasteiger charge is 2.34. The third-order valence-corrected chi connectivity index (χ3v) is 4.86. The number of para-hydroxylation sites is 2. The molecule has 1 saturated carbocycles. The molecule has 1 N–H and O–H groups in total. The van der Waals surface area contributed by atoms with Crippen molar-refractivity contribution in [1.82, 2.24) is 0 Å². The van der Waals surface area contributed by atoms with Crippen LogP contribution in [0.15, 0.2) is 24.3 Å². The fraction of sp³-hybridized carbons (Fsp3) is 0.647. The molecule has 110 valence electrons. The second-order valence-corrected chi connectivity index (χ2v) is 6.09. The zero-order valence-electron chi connectivity index (χ0n) is 12.1. The van der Waals surface area contributed by atoms with Crippen LogP contribution in [-0.4, -0.2) is 23.9 Å². The van der Waals surface area contributed by atoms with E-state index in [0.717, 1.165) is 30.3 Å². The summed E-state index contributed by atoms with van der Waals surface area (Å²) in [5, 5.41) is 10.6. The average Bonchev–Trinajstić information content (AvgIpc) is 2.54. The molecule has 2 unspecified atom stereocenters. The van der Waals surface area contributed by atoms with Gasteiger partial charge in [0, 0.05) is 0 Å². The maximum atomic E-state index is 10.6. The Labute approximate surface area is 120 Å². The van der Waals surface area contributed by atoms with Gasteiger partial charge in [0.25, 0.3) is 0 Å². The van der Waals surface area contributed by atoms with Gasteiger partial charge in [0.05, 0.1) is 6.10 Å². The van der Waals surface area contributed by atoms with Crippen LogP contribution in [0.3, 0.4) is 0 Å². The second-order valence-electron chi connectivity index (χ2n) is 6.09. The van der Waals surface area contributed by atoms with E-state index in [1.54, 1.807) is 0 Å². The van der Waals surface area contributed by atoms with Gasteiger partial charge in [0.15, 0.2) is 17.6 Å². The molecule has 1 fully saturated rings. The molecule has 1 aromatic carbocycles. The van der Waals surface area contributed by atoms with Crippen molar-refractivity contribution in [3.63, 3.8) is 0 Å². The molecule has 0 bridgehead atoms. The molecule has 2 aliphatic rings. The molecule has 1 heterocycles. The summed E-state index contributed by atoms with van der Waals surface area (Å²) in [4.78, 5) is 0. The Hall–Kier alpha value is -1.22. The molecule has 3 heteroatoms. The number of benzene rings is 1. The molecule has 0 spiro atoms. The Morgan fingerprint density at radius 1 is 1.15 bits per heavy atom. The van der Waals surface area contributed by atoms with Gasteiger partial charge in [0.1, 0.15) is 6.61 Å². The van der Waals surface area contributed by atoms with Crippen molar-refractivity contribution in [3.05, 3.63) is 24.3 Å². The minimum absolute atomic E-state index is 0.229. The zero-order chi connectivity index (χ0) is 13.9. The molecule has 0 amide bonds. The molecule has 2 atom stereocenters. The van der Waals surface area contributed by atoms with Crippen molar-refractivity contribution in [2.24, 2.45) is 11.8 Å². The minimum Gasteiger partial charge on any atom is -0.486 e. The van der Waals surface area contributed by atoms with Gasteiger partial charge in [-0.2, -0.15) is 0 Å². The van der Waals surface area contributed by atoms with Gasteiger partial charge in [-0.1, -0.05) is 38.3 Å². The second kappa shape index (κ2) is 6.04. The van der Waals surface area contributed by atoms with Crippen molar-refractivity contribution in [1.29, 1.82) is 0 Å². The molecular formula is C17H24O3. The quantitative estimate of drug-likeness (QED) is 0.919. The maximum Gasteiger partial charge on any atom is 0.161 e. The van der Waals surface area contributed by atoms with Crippen molar-refractivity contribution < 1.29 is 14.6 Å². The first-order valence-corrected chi connectivity index (χ1v) is 7.84. The number of ether oxygens (including phenoxy) is 2. The standard InChI is InChI=1S/C17H24O3/c1-2-12-7-9-13(10-8-12)17(18)16-11-19-14-5-3-4-6-15(14)20-16/h3-6,12-13,16-18H,2,7-11H2,1H3. The van der Waals surface area contributed by atoms with Gasteiger partial charge < -0.3 is 14.6 Å². The van der Waals surface area contributed by atoms with Crippen LogP contribution in [0.4, 0.5) is 0 Å². The SMILES string of the molecule is CCC1CCC(C(O)C2COc3ccccc3O2)CC1. The fourth-order valence-electron chi connectivity index (χ4n) is 3.45. The molecule has 3 nitrogen and oxygen atoms in total. The van der Waals surface area contributed by atoms with Crippen LogP contribution < -0.4 is 9.47 Å². The Balaban J connectivity index is 1.60. The van der Waals surface area contributed by atoms with E-state index < -0.39 is 6.10 Å². The average molecular weight is 276 g/mol. The van der Waals surface area contributed by atoms with Crippen LogP contribution in [0, 0.1) is 11.8 Å².